The molecule has 108 valence electrons. The quantitative estimate of drug-likeness (QED) is 0.789. The van der Waals surface area contributed by atoms with E-state index in [1.54, 1.807) is 18.3 Å². The number of rotatable bonds is 3. The Morgan fingerprint density at radius 1 is 1.30 bits per heavy atom. The van der Waals surface area contributed by atoms with Crippen molar-refractivity contribution in [2.24, 2.45) is 5.73 Å². The van der Waals surface area contributed by atoms with Crippen LogP contribution in [0.2, 0.25) is 0 Å². The lowest BCUT2D eigenvalue weighted by atomic mass is 9.93. The van der Waals surface area contributed by atoms with Crippen LogP contribution in [0, 0.1) is 0 Å². The Labute approximate surface area is 117 Å². The van der Waals surface area contributed by atoms with Crippen LogP contribution in [0.15, 0.2) is 29.4 Å². The molecule has 1 aliphatic rings. The van der Waals surface area contributed by atoms with E-state index in [0.29, 0.717) is 11.0 Å². The summed E-state index contributed by atoms with van der Waals surface area (Å²) in [6.45, 7) is 0. The first kappa shape index (κ1) is 13.5. The van der Waals surface area contributed by atoms with Gasteiger partial charge in [0.25, 0.3) is 0 Å². The first-order valence-corrected chi connectivity index (χ1v) is 8.24. The van der Waals surface area contributed by atoms with Crippen LogP contribution >= 0.6 is 0 Å². The second-order valence-corrected chi connectivity index (χ2v) is 6.97. The van der Waals surface area contributed by atoms with Crippen molar-refractivity contribution in [1.29, 1.82) is 0 Å². The van der Waals surface area contributed by atoms with Crippen LogP contribution in [-0.2, 0) is 10.0 Å². The summed E-state index contributed by atoms with van der Waals surface area (Å²) in [4.78, 5) is 7.26. The third kappa shape index (κ3) is 2.56. The van der Waals surface area contributed by atoms with Gasteiger partial charge in [0, 0.05) is 29.9 Å². The molecule has 0 aromatic carbocycles. The fourth-order valence-corrected chi connectivity index (χ4v) is 4.14. The van der Waals surface area contributed by atoms with E-state index in [-0.39, 0.29) is 17.0 Å². The highest BCUT2D eigenvalue weighted by Gasteiger charge is 2.26. The number of nitrogens with two attached hydrogens (primary N) is 1. The first-order valence-electron chi connectivity index (χ1n) is 6.76. The van der Waals surface area contributed by atoms with Gasteiger partial charge in [0.15, 0.2) is 0 Å². The average Bonchev–Trinajstić information content (AvgIpc) is 2.86. The molecular formula is C13H18N4O2S. The van der Waals surface area contributed by atoms with Gasteiger partial charge in [-0.25, -0.2) is 18.1 Å². The molecule has 0 radical (unpaired) electrons. The molecule has 1 aliphatic carbocycles. The molecule has 1 fully saturated rings. The van der Waals surface area contributed by atoms with Gasteiger partial charge in [0.05, 0.1) is 0 Å². The van der Waals surface area contributed by atoms with Crippen molar-refractivity contribution in [2.75, 3.05) is 0 Å². The molecule has 2 aromatic heterocycles. The fraction of sp³-hybridized carbons (Fsp3) is 0.462. The predicted molar refractivity (Wildman–Crippen MR) is 76.6 cm³/mol. The first-order chi connectivity index (χ1) is 9.56. The van der Waals surface area contributed by atoms with Crippen LogP contribution in [0.4, 0.5) is 0 Å². The van der Waals surface area contributed by atoms with Crippen molar-refractivity contribution >= 4 is 21.1 Å². The minimum atomic E-state index is -3.52. The number of aromatic amines is 1. The number of aromatic nitrogens is 2. The average molecular weight is 294 g/mol. The van der Waals surface area contributed by atoms with Gasteiger partial charge < -0.3 is 10.7 Å². The Morgan fingerprint density at radius 2 is 2.05 bits per heavy atom. The molecule has 0 bridgehead atoms. The molecule has 0 unspecified atom stereocenters. The Balaban J connectivity index is 1.85. The van der Waals surface area contributed by atoms with Crippen molar-refractivity contribution < 1.29 is 8.42 Å². The van der Waals surface area contributed by atoms with Gasteiger partial charge in [-0.1, -0.05) is 0 Å². The minimum Gasteiger partial charge on any atom is -0.345 e. The maximum Gasteiger partial charge on any atom is 0.243 e. The van der Waals surface area contributed by atoms with Gasteiger partial charge in [-0.15, -0.1) is 0 Å². The predicted octanol–water partition coefficient (Wildman–Crippen LogP) is 1.11. The maximum absolute atomic E-state index is 12.5. The van der Waals surface area contributed by atoms with Gasteiger partial charge in [0.2, 0.25) is 10.0 Å². The number of nitrogens with zero attached hydrogens (tertiary/aromatic N) is 1. The van der Waals surface area contributed by atoms with Gasteiger partial charge >= 0.3 is 0 Å². The van der Waals surface area contributed by atoms with Gasteiger partial charge in [-0.05, 0) is 37.8 Å². The van der Waals surface area contributed by atoms with Crippen LogP contribution in [-0.4, -0.2) is 30.5 Å². The summed E-state index contributed by atoms with van der Waals surface area (Å²) in [5, 5.41) is 0.618. The normalized spacial score (nSPS) is 24.1. The van der Waals surface area contributed by atoms with Gasteiger partial charge in [0.1, 0.15) is 10.5 Å². The molecule has 3 rings (SSSR count). The summed E-state index contributed by atoms with van der Waals surface area (Å²) in [5.74, 6) is 0. The molecule has 1 saturated carbocycles. The molecule has 6 nitrogen and oxygen atoms in total. The lowest BCUT2D eigenvalue weighted by Gasteiger charge is -2.26. The third-order valence-electron chi connectivity index (χ3n) is 3.80. The van der Waals surface area contributed by atoms with E-state index in [2.05, 4.69) is 14.7 Å². The van der Waals surface area contributed by atoms with Crippen molar-refractivity contribution in [1.82, 2.24) is 14.7 Å². The van der Waals surface area contributed by atoms with E-state index in [1.165, 1.54) is 6.20 Å². The Hall–Kier alpha value is -1.44. The van der Waals surface area contributed by atoms with Crippen LogP contribution in [0.1, 0.15) is 25.7 Å². The van der Waals surface area contributed by atoms with Crippen molar-refractivity contribution in [2.45, 2.75) is 42.7 Å². The zero-order chi connectivity index (χ0) is 14.2. The molecule has 0 aliphatic heterocycles. The topological polar surface area (TPSA) is 101 Å². The Kier molecular flexibility index (Phi) is 3.49. The number of sulfonamides is 1. The number of fused-ring (bicyclic) bond motifs is 1. The SMILES string of the molecule is NC1CCC(NS(=O)(=O)c2c[nH]c3ncccc23)CC1. The second-order valence-electron chi connectivity index (χ2n) is 5.29. The Bertz CT molecular complexity index is 702. The minimum absolute atomic E-state index is 0.0265. The van der Waals surface area contributed by atoms with Crippen molar-refractivity contribution in [3.8, 4) is 0 Å². The van der Waals surface area contributed by atoms with Gasteiger partial charge in [-0.2, -0.15) is 0 Å². The number of pyridine rings is 1. The van der Waals surface area contributed by atoms with Crippen LogP contribution < -0.4 is 10.5 Å². The number of hydrogen-bond donors (Lipinski definition) is 3. The van der Waals surface area contributed by atoms with E-state index in [4.69, 9.17) is 5.73 Å². The zero-order valence-electron chi connectivity index (χ0n) is 11.0. The van der Waals surface area contributed by atoms with E-state index in [0.717, 1.165) is 25.7 Å². The van der Waals surface area contributed by atoms with Crippen LogP contribution in [0.25, 0.3) is 11.0 Å². The number of nitrogens with one attached hydrogen (secondary N) is 2. The molecule has 2 heterocycles. The van der Waals surface area contributed by atoms with E-state index in [1.807, 2.05) is 0 Å². The lowest BCUT2D eigenvalue weighted by molar-refractivity contribution is 0.373. The number of hydrogen-bond acceptors (Lipinski definition) is 4. The summed E-state index contributed by atoms with van der Waals surface area (Å²) >= 11 is 0. The summed E-state index contributed by atoms with van der Waals surface area (Å²) in [6.07, 6.45) is 6.44. The molecule has 0 spiro atoms. The lowest BCUT2D eigenvalue weighted by Crippen LogP contribution is -2.40. The fourth-order valence-electron chi connectivity index (χ4n) is 2.67. The zero-order valence-corrected chi connectivity index (χ0v) is 11.9. The monoisotopic (exact) mass is 294 g/mol. The molecule has 7 heteroatoms. The summed E-state index contributed by atoms with van der Waals surface area (Å²) in [6, 6.07) is 3.66. The van der Waals surface area contributed by atoms with E-state index >= 15 is 0 Å². The standard InChI is InChI=1S/C13H18N4O2S/c14-9-3-5-10(6-4-9)17-20(18,19)12-8-16-13-11(12)2-1-7-15-13/h1-2,7-10,17H,3-6,14H2,(H,15,16). The van der Waals surface area contributed by atoms with Crippen molar-refractivity contribution in [3.63, 3.8) is 0 Å². The van der Waals surface area contributed by atoms with Crippen molar-refractivity contribution in [3.05, 3.63) is 24.5 Å². The smallest absolute Gasteiger partial charge is 0.243 e. The van der Waals surface area contributed by atoms with Crippen LogP contribution in [0.5, 0.6) is 0 Å². The highest BCUT2D eigenvalue weighted by atomic mass is 32.2. The van der Waals surface area contributed by atoms with E-state index in [9.17, 15) is 8.42 Å². The summed E-state index contributed by atoms with van der Waals surface area (Å²) < 4.78 is 27.7. The molecule has 2 aromatic rings. The third-order valence-corrected chi connectivity index (χ3v) is 5.36. The summed E-state index contributed by atoms with van der Waals surface area (Å²) in [5.41, 5.74) is 6.42. The molecule has 20 heavy (non-hydrogen) atoms. The highest BCUT2D eigenvalue weighted by molar-refractivity contribution is 7.89. The van der Waals surface area contributed by atoms with Crippen LogP contribution in [0.3, 0.4) is 0 Å². The highest BCUT2D eigenvalue weighted by Crippen LogP contribution is 2.23. The maximum atomic E-state index is 12.5. The van der Waals surface area contributed by atoms with E-state index < -0.39 is 10.0 Å². The van der Waals surface area contributed by atoms with Gasteiger partial charge in [-0.3, -0.25) is 0 Å². The summed E-state index contributed by atoms with van der Waals surface area (Å²) in [7, 11) is -3.52. The molecule has 0 atom stereocenters. The number of H-pyrrole nitrogens is 1. The second kappa shape index (κ2) is 5.16. The molecule has 0 amide bonds. The Morgan fingerprint density at radius 3 is 2.80 bits per heavy atom. The molecule has 4 N–H and O–H groups in total. The molecular weight excluding hydrogens is 276 g/mol. The molecule has 0 saturated heterocycles. The largest absolute Gasteiger partial charge is 0.345 e.